The largest absolute Gasteiger partial charge is 0.264 e. The number of aryl methyl sites for hydroxylation is 1. The molecular formula is C18H17N3O2S2. The first-order valence-corrected chi connectivity index (χ1v) is 10.3. The Kier molecular flexibility index (Phi) is 4.15. The Hall–Kier alpha value is -2.09. The summed E-state index contributed by atoms with van der Waals surface area (Å²) in [6.07, 6.45) is 4.15. The molecule has 3 aromatic rings. The van der Waals surface area contributed by atoms with E-state index in [1.165, 1.54) is 0 Å². The number of aromatic nitrogens is 2. The highest BCUT2D eigenvalue weighted by molar-refractivity contribution is 7.89. The van der Waals surface area contributed by atoms with Crippen molar-refractivity contribution in [3.8, 4) is 10.6 Å². The molecule has 0 bridgehead atoms. The molecule has 0 aliphatic carbocycles. The molecule has 5 nitrogen and oxygen atoms in total. The van der Waals surface area contributed by atoms with Crippen molar-refractivity contribution >= 4 is 21.4 Å². The third-order valence-corrected chi connectivity index (χ3v) is 7.25. The molecule has 4 rings (SSSR count). The van der Waals surface area contributed by atoms with E-state index in [9.17, 15) is 8.42 Å². The van der Waals surface area contributed by atoms with Crippen LogP contribution in [0.4, 0.5) is 0 Å². The highest BCUT2D eigenvalue weighted by Gasteiger charge is 2.30. The van der Waals surface area contributed by atoms with Crippen molar-refractivity contribution in [1.29, 1.82) is 0 Å². The molecule has 25 heavy (non-hydrogen) atoms. The van der Waals surface area contributed by atoms with Crippen LogP contribution < -0.4 is 0 Å². The Morgan fingerprint density at radius 3 is 2.68 bits per heavy atom. The molecule has 1 aliphatic rings. The Morgan fingerprint density at radius 1 is 1.16 bits per heavy atom. The number of hydrogen-bond acceptors (Lipinski definition) is 5. The maximum atomic E-state index is 12.9. The number of fused-ring (bicyclic) bond motifs is 1. The number of pyridine rings is 1. The van der Waals surface area contributed by atoms with Crippen molar-refractivity contribution in [1.82, 2.24) is 14.3 Å². The van der Waals surface area contributed by atoms with Crippen LogP contribution in [0.15, 0.2) is 53.7 Å². The molecule has 0 saturated heterocycles. The van der Waals surface area contributed by atoms with Gasteiger partial charge in [-0.15, -0.1) is 11.3 Å². The summed E-state index contributed by atoms with van der Waals surface area (Å²) < 4.78 is 27.3. The molecule has 0 radical (unpaired) electrons. The van der Waals surface area contributed by atoms with Gasteiger partial charge in [0.15, 0.2) is 0 Å². The highest BCUT2D eigenvalue weighted by atomic mass is 32.2. The molecule has 0 saturated carbocycles. The van der Waals surface area contributed by atoms with E-state index in [0.717, 1.165) is 26.7 Å². The number of rotatable bonds is 3. The van der Waals surface area contributed by atoms with E-state index in [2.05, 4.69) is 9.97 Å². The normalized spacial score (nSPS) is 15.1. The Balaban J connectivity index is 1.63. The van der Waals surface area contributed by atoms with Crippen LogP contribution in [0.5, 0.6) is 0 Å². The second-order valence-corrected chi connectivity index (χ2v) is 9.05. The van der Waals surface area contributed by atoms with Crippen LogP contribution in [0, 0.1) is 6.92 Å². The number of hydrogen-bond donors (Lipinski definition) is 0. The number of sulfonamides is 1. The third kappa shape index (κ3) is 3.10. The number of benzene rings is 1. The summed E-state index contributed by atoms with van der Waals surface area (Å²) >= 11 is 1.55. The van der Waals surface area contributed by atoms with E-state index in [1.54, 1.807) is 40.2 Å². The molecule has 2 aromatic heterocycles. The zero-order valence-electron chi connectivity index (χ0n) is 13.7. The topological polar surface area (TPSA) is 63.2 Å². The van der Waals surface area contributed by atoms with E-state index < -0.39 is 10.0 Å². The molecule has 0 amide bonds. The van der Waals surface area contributed by atoms with Crippen LogP contribution in [0.25, 0.3) is 10.6 Å². The van der Waals surface area contributed by atoms with Gasteiger partial charge in [-0.05, 0) is 31.2 Å². The van der Waals surface area contributed by atoms with Crippen molar-refractivity contribution < 1.29 is 8.42 Å². The van der Waals surface area contributed by atoms with Crippen molar-refractivity contribution in [2.24, 2.45) is 0 Å². The third-order valence-electron chi connectivity index (χ3n) is 4.26. The molecule has 0 N–H and O–H groups in total. The van der Waals surface area contributed by atoms with Crippen LogP contribution in [-0.2, 0) is 23.0 Å². The first-order valence-electron chi connectivity index (χ1n) is 8.00. The van der Waals surface area contributed by atoms with Crippen molar-refractivity contribution in [2.75, 3.05) is 6.54 Å². The molecule has 0 atom stereocenters. The van der Waals surface area contributed by atoms with Crippen molar-refractivity contribution in [3.63, 3.8) is 0 Å². The van der Waals surface area contributed by atoms with E-state index in [0.29, 0.717) is 24.4 Å². The first-order chi connectivity index (χ1) is 12.0. The maximum absolute atomic E-state index is 12.9. The van der Waals surface area contributed by atoms with Crippen LogP contribution in [0.3, 0.4) is 0 Å². The molecule has 0 unspecified atom stereocenters. The van der Waals surface area contributed by atoms with Gasteiger partial charge < -0.3 is 0 Å². The average molecular weight is 371 g/mol. The minimum Gasteiger partial charge on any atom is -0.264 e. The zero-order chi connectivity index (χ0) is 17.4. The van der Waals surface area contributed by atoms with E-state index in [1.807, 2.05) is 31.2 Å². The molecular weight excluding hydrogens is 354 g/mol. The second-order valence-electron chi connectivity index (χ2n) is 6.03. The number of nitrogens with zero attached hydrogens (tertiary/aromatic N) is 3. The average Bonchev–Trinajstić information content (AvgIpc) is 3.06. The fourth-order valence-electron chi connectivity index (χ4n) is 2.85. The van der Waals surface area contributed by atoms with Crippen LogP contribution in [0.1, 0.15) is 16.1 Å². The van der Waals surface area contributed by atoms with Crippen molar-refractivity contribution in [2.45, 2.75) is 24.8 Å². The molecule has 0 fully saturated rings. The van der Waals surface area contributed by atoms with Gasteiger partial charge in [-0.3, -0.25) is 4.98 Å². The van der Waals surface area contributed by atoms with Gasteiger partial charge in [-0.25, -0.2) is 13.4 Å². The predicted molar refractivity (Wildman–Crippen MR) is 97.8 cm³/mol. The van der Waals surface area contributed by atoms with Gasteiger partial charge in [-0.2, -0.15) is 4.31 Å². The van der Waals surface area contributed by atoms with Crippen LogP contribution >= 0.6 is 11.3 Å². The van der Waals surface area contributed by atoms with Crippen molar-refractivity contribution in [3.05, 3.63) is 64.9 Å². The summed E-state index contributed by atoms with van der Waals surface area (Å²) in [5.74, 6) is 0. The molecule has 3 heterocycles. The summed E-state index contributed by atoms with van der Waals surface area (Å²) in [5, 5.41) is 0.896. The van der Waals surface area contributed by atoms with Gasteiger partial charge in [0.1, 0.15) is 5.01 Å². The standard InChI is InChI=1S/C18H17N3O2S2/c1-13-4-6-15(7-5-13)25(22,23)21-10-8-16-17(12-21)24-18(20-16)14-3-2-9-19-11-14/h2-7,9,11H,8,10,12H2,1H3. The lowest BCUT2D eigenvalue weighted by molar-refractivity contribution is 0.393. The van der Waals surface area contributed by atoms with Gasteiger partial charge in [-0.1, -0.05) is 17.7 Å². The van der Waals surface area contributed by atoms with Crippen LogP contribution in [-0.4, -0.2) is 29.2 Å². The molecule has 128 valence electrons. The van der Waals surface area contributed by atoms with E-state index in [-0.39, 0.29) is 0 Å². The summed E-state index contributed by atoms with van der Waals surface area (Å²) in [7, 11) is -3.48. The summed E-state index contributed by atoms with van der Waals surface area (Å²) in [6, 6.07) is 10.9. The summed E-state index contributed by atoms with van der Waals surface area (Å²) in [6.45, 7) is 2.78. The Labute approximate surface area is 151 Å². The Morgan fingerprint density at radius 2 is 1.96 bits per heavy atom. The van der Waals surface area contributed by atoms with Gasteiger partial charge in [0, 0.05) is 35.8 Å². The van der Waals surface area contributed by atoms with Crippen LogP contribution in [0.2, 0.25) is 0 Å². The molecule has 1 aromatic carbocycles. The lowest BCUT2D eigenvalue weighted by atomic mass is 10.2. The minimum atomic E-state index is -3.48. The molecule has 1 aliphatic heterocycles. The summed E-state index contributed by atoms with van der Waals surface area (Å²) in [4.78, 5) is 10.2. The fourth-order valence-corrected chi connectivity index (χ4v) is 5.45. The SMILES string of the molecule is Cc1ccc(S(=O)(=O)N2CCc3nc(-c4cccnc4)sc3C2)cc1. The first kappa shape index (κ1) is 16.4. The second kappa shape index (κ2) is 6.33. The predicted octanol–water partition coefficient (Wildman–Crippen LogP) is 3.26. The lowest BCUT2D eigenvalue weighted by Crippen LogP contribution is -2.35. The summed E-state index contributed by atoms with van der Waals surface area (Å²) in [5.41, 5.74) is 3.01. The Bertz CT molecular complexity index is 997. The minimum absolute atomic E-state index is 0.346. The van der Waals surface area contributed by atoms with Gasteiger partial charge >= 0.3 is 0 Å². The smallest absolute Gasteiger partial charge is 0.243 e. The molecule has 7 heteroatoms. The monoisotopic (exact) mass is 371 g/mol. The zero-order valence-corrected chi connectivity index (χ0v) is 15.3. The highest BCUT2D eigenvalue weighted by Crippen LogP contribution is 2.33. The van der Waals surface area contributed by atoms with E-state index in [4.69, 9.17) is 0 Å². The van der Waals surface area contributed by atoms with Gasteiger partial charge in [0.2, 0.25) is 10.0 Å². The maximum Gasteiger partial charge on any atom is 0.243 e. The van der Waals surface area contributed by atoms with Gasteiger partial charge in [0.05, 0.1) is 17.1 Å². The van der Waals surface area contributed by atoms with E-state index >= 15 is 0 Å². The van der Waals surface area contributed by atoms with Gasteiger partial charge in [0.25, 0.3) is 0 Å². The molecule has 0 spiro atoms. The number of thiazole rings is 1. The quantitative estimate of drug-likeness (QED) is 0.709. The fraction of sp³-hybridized carbons (Fsp3) is 0.222. The lowest BCUT2D eigenvalue weighted by Gasteiger charge is -2.25.